The molecule has 6 nitrogen and oxygen atoms in total. The Morgan fingerprint density at radius 2 is 0.845 bits per heavy atom. The molecule has 0 bridgehead atoms. The number of hydrogen-bond donors (Lipinski definition) is 3. The molecule has 1 amide bonds. The molecular formula is C52H101NO5. The third-order valence-corrected chi connectivity index (χ3v) is 12.1. The molecule has 0 saturated heterocycles. The zero-order valence-electron chi connectivity index (χ0n) is 39.2. The Hall–Kier alpha value is -1.40. The topological polar surface area (TPSA) is 95.9 Å². The van der Waals surface area contributed by atoms with Crippen LogP contribution < -0.4 is 5.32 Å². The van der Waals surface area contributed by atoms with E-state index >= 15 is 0 Å². The highest BCUT2D eigenvalue weighted by atomic mass is 16.5. The van der Waals surface area contributed by atoms with Crippen LogP contribution in [0.15, 0.2) is 12.2 Å². The van der Waals surface area contributed by atoms with E-state index in [1.54, 1.807) is 0 Å². The minimum Gasteiger partial charge on any atom is -0.462 e. The lowest BCUT2D eigenvalue weighted by Gasteiger charge is -2.24. The Labute approximate surface area is 361 Å². The highest BCUT2D eigenvalue weighted by molar-refractivity contribution is 5.77. The molecule has 0 aromatic carbocycles. The number of carbonyl (C=O) groups is 2. The second kappa shape index (κ2) is 46.7. The molecule has 3 atom stereocenters. The lowest BCUT2D eigenvalue weighted by Crippen LogP contribution is -2.46. The zero-order valence-corrected chi connectivity index (χ0v) is 39.2. The summed E-state index contributed by atoms with van der Waals surface area (Å²) in [6.45, 7) is 6.47. The van der Waals surface area contributed by atoms with E-state index in [4.69, 9.17) is 4.74 Å². The Morgan fingerprint density at radius 3 is 1.26 bits per heavy atom. The summed E-state index contributed by atoms with van der Waals surface area (Å²) in [6.07, 6.45) is 51.4. The SMILES string of the molecule is CCCCCCCCC/C=C\CCCC(CC(=O)NC(CO)C(O)CCCCCCCCCCC)OC(=O)CCCCCCCCCCCCCCCCCCCC. The molecule has 0 saturated carbocycles. The third kappa shape index (κ3) is 41.3. The number of allylic oxidation sites excluding steroid dienone is 2. The van der Waals surface area contributed by atoms with Crippen LogP contribution in [0.5, 0.6) is 0 Å². The van der Waals surface area contributed by atoms with Crippen LogP contribution in [0.4, 0.5) is 0 Å². The summed E-state index contributed by atoms with van der Waals surface area (Å²) in [7, 11) is 0. The van der Waals surface area contributed by atoms with Crippen molar-refractivity contribution in [3.8, 4) is 0 Å². The first-order chi connectivity index (χ1) is 28.5. The first-order valence-corrected chi connectivity index (χ1v) is 25.9. The van der Waals surface area contributed by atoms with Gasteiger partial charge in [-0.15, -0.1) is 0 Å². The number of esters is 1. The fraction of sp³-hybridized carbons (Fsp3) is 0.923. The van der Waals surface area contributed by atoms with Crippen molar-refractivity contribution in [2.45, 2.75) is 302 Å². The van der Waals surface area contributed by atoms with Gasteiger partial charge < -0.3 is 20.3 Å². The van der Waals surface area contributed by atoms with Crippen LogP contribution in [0.1, 0.15) is 284 Å². The lowest BCUT2D eigenvalue weighted by atomic mass is 10.0. The Kier molecular flexibility index (Phi) is 45.5. The number of amides is 1. The van der Waals surface area contributed by atoms with Gasteiger partial charge in [0, 0.05) is 6.42 Å². The fourth-order valence-electron chi connectivity index (χ4n) is 8.14. The van der Waals surface area contributed by atoms with Crippen molar-refractivity contribution in [2.24, 2.45) is 0 Å². The number of aliphatic hydroxyl groups is 2. The van der Waals surface area contributed by atoms with Crippen LogP contribution in [0.2, 0.25) is 0 Å². The average molecular weight is 820 g/mol. The molecule has 0 aliphatic heterocycles. The molecule has 0 heterocycles. The molecular weight excluding hydrogens is 719 g/mol. The van der Waals surface area contributed by atoms with E-state index in [9.17, 15) is 19.8 Å². The summed E-state index contributed by atoms with van der Waals surface area (Å²) in [5.41, 5.74) is 0. The van der Waals surface area contributed by atoms with Gasteiger partial charge in [-0.05, 0) is 44.9 Å². The summed E-state index contributed by atoms with van der Waals surface area (Å²) in [5, 5.41) is 23.6. The number of carbonyl (C=O) groups excluding carboxylic acids is 2. The van der Waals surface area contributed by atoms with Crippen LogP contribution in [0, 0.1) is 0 Å². The molecule has 344 valence electrons. The van der Waals surface area contributed by atoms with Gasteiger partial charge in [0.1, 0.15) is 6.10 Å². The van der Waals surface area contributed by atoms with Gasteiger partial charge in [-0.2, -0.15) is 0 Å². The predicted octanol–water partition coefficient (Wildman–Crippen LogP) is 15.3. The number of nitrogens with one attached hydrogen (secondary N) is 1. The van der Waals surface area contributed by atoms with Crippen LogP contribution in [-0.4, -0.2) is 46.9 Å². The van der Waals surface area contributed by atoms with E-state index in [0.717, 1.165) is 57.8 Å². The van der Waals surface area contributed by atoms with Gasteiger partial charge in [0.25, 0.3) is 0 Å². The lowest BCUT2D eigenvalue weighted by molar-refractivity contribution is -0.151. The summed E-state index contributed by atoms with van der Waals surface area (Å²) in [6, 6.07) is -0.702. The fourth-order valence-corrected chi connectivity index (χ4v) is 8.14. The normalized spacial score (nSPS) is 13.3. The Morgan fingerprint density at radius 1 is 0.483 bits per heavy atom. The molecule has 0 aliphatic rings. The third-order valence-electron chi connectivity index (χ3n) is 12.1. The molecule has 6 heteroatoms. The Bertz CT molecular complexity index is 878. The molecule has 3 N–H and O–H groups in total. The van der Waals surface area contributed by atoms with Gasteiger partial charge in [0.15, 0.2) is 0 Å². The molecule has 0 radical (unpaired) electrons. The number of aliphatic hydroxyl groups excluding tert-OH is 2. The van der Waals surface area contributed by atoms with Crippen molar-refractivity contribution >= 4 is 11.9 Å². The van der Waals surface area contributed by atoms with Gasteiger partial charge >= 0.3 is 5.97 Å². The van der Waals surface area contributed by atoms with Crippen molar-refractivity contribution in [1.29, 1.82) is 0 Å². The smallest absolute Gasteiger partial charge is 0.306 e. The van der Waals surface area contributed by atoms with Crippen LogP contribution in [0.25, 0.3) is 0 Å². The van der Waals surface area contributed by atoms with E-state index in [1.807, 2.05) is 0 Å². The van der Waals surface area contributed by atoms with E-state index in [0.29, 0.717) is 19.3 Å². The minimum atomic E-state index is -0.787. The first-order valence-electron chi connectivity index (χ1n) is 25.9. The van der Waals surface area contributed by atoms with Gasteiger partial charge in [-0.1, -0.05) is 238 Å². The van der Waals surface area contributed by atoms with Crippen LogP contribution in [0.3, 0.4) is 0 Å². The summed E-state index contributed by atoms with van der Waals surface area (Å²) >= 11 is 0. The number of unbranched alkanes of at least 4 members (excludes halogenated alkanes) is 33. The summed E-state index contributed by atoms with van der Waals surface area (Å²) < 4.78 is 5.91. The van der Waals surface area contributed by atoms with E-state index in [2.05, 4.69) is 38.2 Å². The van der Waals surface area contributed by atoms with Crippen molar-refractivity contribution in [1.82, 2.24) is 5.32 Å². The summed E-state index contributed by atoms with van der Waals surface area (Å²) in [5.74, 6) is -0.487. The maximum Gasteiger partial charge on any atom is 0.306 e. The number of hydrogen-bond acceptors (Lipinski definition) is 5. The number of ether oxygens (including phenoxy) is 1. The van der Waals surface area contributed by atoms with Crippen molar-refractivity contribution in [3.63, 3.8) is 0 Å². The second-order valence-electron chi connectivity index (χ2n) is 17.9. The molecule has 0 aromatic rings. The largest absolute Gasteiger partial charge is 0.462 e. The molecule has 0 aromatic heterocycles. The van der Waals surface area contributed by atoms with Crippen molar-refractivity contribution < 1.29 is 24.5 Å². The van der Waals surface area contributed by atoms with Crippen molar-refractivity contribution in [2.75, 3.05) is 6.61 Å². The van der Waals surface area contributed by atoms with Crippen molar-refractivity contribution in [3.05, 3.63) is 12.2 Å². The highest BCUT2D eigenvalue weighted by Crippen LogP contribution is 2.18. The monoisotopic (exact) mass is 820 g/mol. The molecule has 0 rings (SSSR count). The van der Waals surface area contributed by atoms with Crippen LogP contribution in [-0.2, 0) is 14.3 Å². The second-order valence-corrected chi connectivity index (χ2v) is 17.9. The Balaban J connectivity index is 4.48. The van der Waals surface area contributed by atoms with E-state index in [1.165, 1.54) is 180 Å². The highest BCUT2D eigenvalue weighted by Gasteiger charge is 2.24. The molecule has 0 fully saturated rings. The average Bonchev–Trinajstić information content (AvgIpc) is 3.22. The van der Waals surface area contributed by atoms with Gasteiger partial charge in [0.2, 0.25) is 5.91 Å². The van der Waals surface area contributed by atoms with E-state index < -0.39 is 18.2 Å². The maximum atomic E-state index is 13.1. The zero-order chi connectivity index (χ0) is 42.4. The number of rotatable bonds is 47. The van der Waals surface area contributed by atoms with Gasteiger partial charge in [-0.3, -0.25) is 9.59 Å². The summed E-state index contributed by atoms with van der Waals surface area (Å²) in [4.78, 5) is 26.1. The molecule has 0 aliphatic carbocycles. The van der Waals surface area contributed by atoms with Gasteiger partial charge in [0.05, 0.1) is 25.2 Å². The predicted molar refractivity (Wildman–Crippen MR) is 250 cm³/mol. The maximum absolute atomic E-state index is 13.1. The minimum absolute atomic E-state index is 0.0634. The van der Waals surface area contributed by atoms with Gasteiger partial charge in [-0.25, -0.2) is 0 Å². The first kappa shape index (κ1) is 56.6. The molecule has 0 spiro atoms. The van der Waals surface area contributed by atoms with E-state index in [-0.39, 0.29) is 24.9 Å². The standard InChI is InChI=1S/C52H101NO5/c1-4-7-10-13-16-19-21-23-24-25-26-27-28-30-33-36-39-42-45-52(57)58-48(43-40-37-34-32-29-22-20-17-14-11-8-5-2)46-51(56)53-49(47-54)50(55)44-41-38-35-31-18-15-12-9-6-3/h32,34,48-50,54-55H,4-31,33,35-47H2,1-3H3,(H,53,56)/b34-32-. The molecule has 58 heavy (non-hydrogen) atoms. The quantitative estimate of drug-likeness (QED) is 0.0323. The molecule has 3 unspecified atom stereocenters. The van der Waals surface area contributed by atoms with Crippen LogP contribution >= 0.6 is 0 Å².